The first kappa shape index (κ1) is 12.3. The molecule has 0 amide bonds. The molecule has 6 heteroatoms. The van der Waals surface area contributed by atoms with Gasteiger partial charge in [-0.05, 0) is 19.9 Å². The lowest BCUT2D eigenvalue weighted by Crippen LogP contribution is -2.34. The number of nitrogens with one attached hydrogen (secondary N) is 1. The third-order valence-electron chi connectivity index (χ3n) is 2.06. The van der Waals surface area contributed by atoms with Gasteiger partial charge in [0.25, 0.3) is 5.69 Å². The van der Waals surface area contributed by atoms with Gasteiger partial charge >= 0.3 is 0 Å². The zero-order valence-corrected chi connectivity index (χ0v) is 9.10. The van der Waals surface area contributed by atoms with Crippen molar-refractivity contribution in [1.82, 2.24) is 0 Å². The second-order valence-corrected chi connectivity index (χ2v) is 4.13. The first-order valence-corrected chi connectivity index (χ1v) is 4.72. The first-order chi connectivity index (χ1) is 7.35. The van der Waals surface area contributed by atoms with E-state index in [2.05, 4.69) is 5.32 Å². The van der Waals surface area contributed by atoms with Gasteiger partial charge in [0, 0.05) is 6.07 Å². The van der Waals surface area contributed by atoms with Gasteiger partial charge in [-0.25, -0.2) is 0 Å². The van der Waals surface area contributed by atoms with E-state index in [0.717, 1.165) is 6.07 Å². The molecule has 1 aromatic rings. The molecular weight excluding hydrogens is 212 g/mol. The molecule has 0 aliphatic rings. The third-order valence-corrected chi connectivity index (χ3v) is 2.06. The number of aliphatic hydroxyl groups is 1. The van der Waals surface area contributed by atoms with Crippen LogP contribution in [0.3, 0.4) is 0 Å². The van der Waals surface area contributed by atoms with Gasteiger partial charge in [-0.2, -0.15) is 0 Å². The van der Waals surface area contributed by atoms with Crippen LogP contribution in [0.15, 0.2) is 18.2 Å². The van der Waals surface area contributed by atoms with Crippen molar-refractivity contribution in [1.29, 1.82) is 0 Å². The molecule has 3 N–H and O–H groups in total. The van der Waals surface area contributed by atoms with E-state index in [1.54, 1.807) is 13.8 Å². The van der Waals surface area contributed by atoms with Crippen molar-refractivity contribution in [3.05, 3.63) is 28.3 Å². The summed E-state index contributed by atoms with van der Waals surface area (Å²) >= 11 is 0. The van der Waals surface area contributed by atoms with E-state index in [4.69, 9.17) is 5.11 Å². The molecule has 0 atom stereocenters. The summed E-state index contributed by atoms with van der Waals surface area (Å²) in [5.74, 6) is -0.212. The number of nitrogens with zero attached hydrogens (tertiary/aromatic N) is 1. The van der Waals surface area contributed by atoms with Gasteiger partial charge < -0.3 is 15.5 Å². The summed E-state index contributed by atoms with van der Waals surface area (Å²) in [6.07, 6.45) is 0. The van der Waals surface area contributed by atoms with Gasteiger partial charge in [-0.3, -0.25) is 10.1 Å². The smallest absolute Gasteiger partial charge is 0.273 e. The molecule has 1 aromatic carbocycles. The van der Waals surface area contributed by atoms with Crippen molar-refractivity contribution < 1.29 is 15.1 Å². The molecule has 0 aromatic heterocycles. The summed E-state index contributed by atoms with van der Waals surface area (Å²) in [7, 11) is 0. The second-order valence-electron chi connectivity index (χ2n) is 4.13. The number of hydrogen-bond acceptors (Lipinski definition) is 5. The topological polar surface area (TPSA) is 95.6 Å². The summed E-state index contributed by atoms with van der Waals surface area (Å²) in [4.78, 5) is 9.86. The molecule has 6 nitrogen and oxygen atoms in total. The molecule has 16 heavy (non-hydrogen) atoms. The Morgan fingerprint density at radius 3 is 2.56 bits per heavy atom. The Morgan fingerprint density at radius 2 is 2.12 bits per heavy atom. The lowest BCUT2D eigenvalue weighted by molar-refractivity contribution is -0.384. The Morgan fingerprint density at radius 1 is 1.50 bits per heavy atom. The number of phenols is 1. The Bertz CT molecular complexity index is 404. The van der Waals surface area contributed by atoms with Gasteiger partial charge in [0.1, 0.15) is 5.75 Å². The number of rotatable bonds is 4. The standard InChI is InChI=1S/C10H14N2O4/c1-10(2,6-13)11-8-4-3-7(12(15)16)5-9(8)14/h3-5,11,13-14H,6H2,1-2H3. The molecule has 0 aliphatic carbocycles. The SMILES string of the molecule is CC(C)(CO)Nc1ccc([N+](=O)[O-])cc1O. The number of nitro benzene ring substituents is 1. The predicted molar refractivity (Wildman–Crippen MR) is 59.5 cm³/mol. The Kier molecular flexibility index (Phi) is 3.34. The third kappa shape index (κ3) is 2.83. The number of anilines is 1. The number of aromatic hydroxyl groups is 1. The van der Waals surface area contributed by atoms with Crippen LogP contribution in [0.5, 0.6) is 5.75 Å². The molecule has 0 aliphatic heterocycles. The van der Waals surface area contributed by atoms with E-state index < -0.39 is 10.5 Å². The van der Waals surface area contributed by atoms with E-state index in [1.807, 2.05) is 0 Å². The number of nitro groups is 1. The lowest BCUT2D eigenvalue weighted by Gasteiger charge is -2.25. The number of phenolic OH excluding ortho intramolecular Hbond substituents is 1. The number of non-ortho nitro benzene ring substituents is 1. The molecule has 0 heterocycles. The highest BCUT2D eigenvalue weighted by Gasteiger charge is 2.18. The monoisotopic (exact) mass is 226 g/mol. The maximum Gasteiger partial charge on any atom is 0.273 e. The van der Waals surface area contributed by atoms with E-state index in [9.17, 15) is 15.2 Å². The maximum atomic E-state index is 10.4. The lowest BCUT2D eigenvalue weighted by atomic mass is 10.1. The van der Waals surface area contributed by atoms with Crippen LogP contribution < -0.4 is 5.32 Å². The van der Waals surface area contributed by atoms with Crippen LogP contribution in [0, 0.1) is 10.1 Å². The largest absolute Gasteiger partial charge is 0.506 e. The fourth-order valence-corrected chi connectivity index (χ4v) is 1.14. The minimum absolute atomic E-state index is 0.122. The van der Waals surface area contributed by atoms with Crippen molar-refractivity contribution in [3.8, 4) is 5.75 Å². The molecule has 0 saturated carbocycles. The molecule has 1 rings (SSSR count). The van der Waals surface area contributed by atoms with E-state index in [0.29, 0.717) is 5.69 Å². The highest BCUT2D eigenvalue weighted by atomic mass is 16.6. The average molecular weight is 226 g/mol. The summed E-state index contributed by atoms with van der Waals surface area (Å²) < 4.78 is 0. The van der Waals surface area contributed by atoms with Crippen molar-refractivity contribution in [2.75, 3.05) is 11.9 Å². The van der Waals surface area contributed by atoms with E-state index in [-0.39, 0.29) is 18.0 Å². The van der Waals surface area contributed by atoms with Crippen LogP contribution in [0.2, 0.25) is 0 Å². The first-order valence-electron chi connectivity index (χ1n) is 4.72. The summed E-state index contributed by atoms with van der Waals surface area (Å²) in [6.45, 7) is 3.37. The predicted octanol–water partition coefficient (Wildman–Crippen LogP) is 1.48. The van der Waals surface area contributed by atoms with Crippen molar-refractivity contribution >= 4 is 11.4 Å². The van der Waals surface area contributed by atoms with Crippen LogP contribution >= 0.6 is 0 Å². The van der Waals surface area contributed by atoms with E-state index >= 15 is 0 Å². The average Bonchev–Trinajstić information content (AvgIpc) is 2.20. The minimum Gasteiger partial charge on any atom is -0.506 e. The summed E-state index contributed by atoms with van der Waals surface area (Å²) in [5, 5.41) is 31.9. The van der Waals surface area contributed by atoms with Crippen LogP contribution in [-0.2, 0) is 0 Å². The van der Waals surface area contributed by atoms with Crippen LogP contribution in [0.1, 0.15) is 13.8 Å². The van der Waals surface area contributed by atoms with Gasteiger partial charge in [0.05, 0.1) is 28.8 Å². The summed E-state index contributed by atoms with van der Waals surface area (Å²) in [6, 6.07) is 3.76. The molecule has 88 valence electrons. The highest BCUT2D eigenvalue weighted by molar-refractivity contribution is 5.60. The number of benzene rings is 1. The van der Waals surface area contributed by atoms with Crippen LogP contribution in [0.25, 0.3) is 0 Å². The molecule has 0 bridgehead atoms. The minimum atomic E-state index is -0.604. The van der Waals surface area contributed by atoms with Crippen molar-refractivity contribution in [2.45, 2.75) is 19.4 Å². The maximum absolute atomic E-state index is 10.4. The van der Waals surface area contributed by atoms with Crippen LogP contribution in [0.4, 0.5) is 11.4 Å². The fraction of sp³-hybridized carbons (Fsp3) is 0.400. The van der Waals surface area contributed by atoms with E-state index in [1.165, 1.54) is 12.1 Å². The molecule has 0 unspecified atom stereocenters. The van der Waals surface area contributed by atoms with Crippen LogP contribution in [-0.4, -0.2) is 27.3 Å². The second kappa shape index (κ2) is 4.36. The molecule has 0 fully saturated rings. The summed E-state index contributed by atoms with van der Waals surface area (Å²) in [5.41, 5.74) is -0.428. The Balaban J connectivity index is 2.96. The normalized spacial score (nSPS) is 11.2. The van der Waals surface area contributed by atoms with Gasteiger partial charge in [-0.15, -0.1) is 0 Å². The Labute approximate surface area is 92.7 Å². The van der Waals surface area contributed by atoms with Gasteiger partial charge in [0.2, 0.25) is 0 Å². The Hall–Kier alpha value is -1.82. The molecule has 0 spiro atoms. The fourth-order valence-electron chi connectivity index (χ4n) is 1.14. The van der Waals surface area contributed by atoms with Crippen molar-refractivity contribution in [2.24, 2.45) is 0 Å². The molecule has 0 saturated heterocycles. The molecular formula is C10H14N2O4. The number of aliphatic hydroxyl groups excluding tert-OH is 1. The van der Waals surface area contributed by atoms with Gasteiger partial charge in [0.15, 0.2) is 0 Å². The van der Waals surface area contributed by atoms with Crippen molar-refractivity contribution in [3.63, 3.8) is 0 Å². The zero-order chi connectivity index (χ0) is 12.3. The molecule has 0 radical (unpaired) electrons. The quantitative estimate of drug-likeness (QED) is 0.410. The highest BCUT2D eigenvalue weighted by Crippen LogP contribution is 2.29. The zero-order valence-electron chi connectivity index (χ0n) is 9.10. The van der Waals surface area contributed by atoms with Gasteiger partial charge in [-0.1, -0.05) is 0 Å². The number of hydrogen-bond donors (Lipinski definition) is 3.